The topological polar surface area (TPSA) is 12.9 Å². The number of nitrogens with zero attached hydrogens (tertiary/aromatic N) is 1. The molecular formula is C27H19NS3. The van der Waals surface area contributed by atoms with Gasteiger partial charge in [0, 0.05) is 36.8 Å². The van der Waals surface area contributed by atoms with Crippen LogP contribution in [0.25, 0.3) is 53.0 Å². The van der Waals surface area contributed by atoms with Gasteiger partial charge in [0.25, 0.3) is 0 Å². The Bertz CT molecular complexity index is 1480. The highest BCUT2D eigenvalue weighted by Crippen LogP contribution is 2.39. The number of hydrogen-bond donors (Lipinski definition) is 0. The highest BCUT2D eigenvalue weighted by molar-refractivity contribution is 7.59. The molecule has 31 heavy (non-hydrogen) atoms. The van der Waals surface area contributed by atoms with Gasteiger partial charge in [-0.2, -0.15) is 13.5 Å². The Hall–Kier alpha value is -2.92. The molecule has 0 spiro atoms. The van der Waals surface area contributed by atoms with Crippen molar-refractivity contribution in [2.45, 2.75) is 0 Å². The van der Waals surface area contributed by atoms with Crippen LogP contribution in [0.15, 0.2) is 103 Å². The third kappa shape index (κ3) is 3.68. The standard InChI is InChI=1S/C27H17NS2.H2S/c1-2-13-28-24(7-1)20-6-3-5-18(15-20)19-9-11-26-22(16-19)23-17-21(10-12-27(23)30-26)25-8-4-14-29-25;/h1-17H;1H2. The lowest BCUT2D eigenvalue weighted by molar-refractivity contribution is 1.33. The zero-order valence-electron chi connectivity index (χ0n) is 16.6. The first kappa shape index (κ1) is 20.0. The molecule has 0 radical (unpaired) electrons. The number of pyridine rings is 1. The van der Waals surface area contributed by atoms with Crippen LogP contribution < -0.4 is 0 Å². The van der Waals surface area contributed by atoms with Gasteiger partial charge >= 0.3 is 0 Å². The van der Waals surface area contributed by atoms with E-state index in [1.165, 1.54) is 41.7 Å². The lowest BCUT2D eigenvalue weighted by Crippen LogP contribution is -1.84. The Balaban J connectivity index is 0.00000204. The van der Waals surface area contributed by atoms with E-state index in [9.17, 15) is 0 Å². The Labute approximate surface area is 196 Å². The van der Waals surface area contributed by atoms with Crippen molar-refractivity contribution in [2.24, 2.45) is 0 Å². The van der Waals surface area contributed by atoms with Gasteiger partial charge in [-0.1, -0.05) is 42.5 Å². The van der Waals surface area contributed by atoms with Crippen molar-refractivity contribution in [3.63, 3.8) is 0 Å². The fourth-order valence-electron chi connectivity index (χ4n) is 3.94. The third-order valence-corrected chi connectivity index (χ3v) is 7.50. The molecule has 0 aliphatic carbocycles. The number of rotatable bonds is 3. The number of aromatic nitrogens is 1. The van der Waals surface area contributed by atoms with Crippen molar-refractivity contribution in [2.75, 3.05) is 0 Å². The summed E-state index contributed by atoms with van der Waals surface area (Å²) in [5.74, 6) is 0. The summed E-state index contributed by atoms with van der Waals surface area (Å²) in [4.78, 5) is 5.82. The molecule has 0 fully saturated rings. The van der Waals surface area contributed by atoms with Crippen molar-refractivity contribution < 1.29 is 0 Å². The first-order valence-corrected chi connectivity index (χ1v) is 11.6. The molecule has 0 aliphatic heterocycles. The minimum absolute atomic E-state index is 0. The number of fused-ring (bicyclic) bond motifs is 3. The summed E-state index contributed by atoms with van der Waals surface area (Å²) in [5.41, 5.74) is 5.89. The van der Waals surface area contributed by atoms with Crippen LogP contribution in [-0.4, -0.2) is 4.98 Å². The van der Waals surface area contributed by atoms with E-state index in [1.807, 2.05) is 29.7 Å². The van der Waals surface area contributed by atoms with E-state index in [1.54, 1.807) is 11.3 Å². The largest absolute Gasteiger partial charge is 0.256 e. The summed E-state index contributed by atoms with van der Waals surface area (Å²) < 4.78 is 2.67. The maximum atomic E-state index is 4.50. The van der Waals surface area contributed by atoms with Crippen molar-refractivity contribution in [3.8, 4) is 32.8 Å². The van der Waals surface area contributed by atoms with E-state index >= 15 is 0 Å². The first-order valence-electron chi connectivity index (χ1n) is 9.87. The monoisotopic (exact) mass is 453 g/mol. The average molecular weight is 454 g/mol. The van der Waals surface area contributed by atoms with Crippen LogP contribution in [0.5, 0.6) is 0 Å². The van der Waals surface area contributed by atoms with Gasteiger partial charge < -0.3 is 0 Å². The van der Waals surface area contributed by atoms with Gasteiger partial charge in [0.2, 0.25) is 0 Å². The highest BCUT2D eigenvalue weighted by atomic mass is 32.1. The Morgan fingerprint density at radius 3 is 2.06 bits per heavy atom. The van der Waals surface area contributed by atoms with Gasteiger partial charge in [-0.25, -0.2) is 0 Å². The lowest BCUT2D eigenvalue weighted by atomic mass is 9.99. The Morgan fingerprint density at radius 1 is 0.581 bits per heavy atom. The van der Waals surface area contributed by atoms with E-state index in [2.05, 4.69) is 89.2 Å². The molecule has 0 bridgehead atoms. The average Bonchev–Trinajstić information content (AvgIpc) is 3.47. The fraction of sp³-hybridized carbons (Fsp3) is 0. The van der Waals surface area contributed by atoms with Gasteiger partial charge in [-0.15, -0.1) is 22.7 Å². The Kier molecular flexibility index (Phi) is 5.36. The predicted octanol–water partition coefficient (Wildman–Crippen LogP) is 8.62. The van der Waals surface area contributed by atoms with Crippen molar-refractivity contribution in [3.05, 3.63) is 103 Å². The SMILES string of the molecule is S.c1ccc(-c2cccc(-c3ccc4sc5ccc(-c6cccs6)cc5c4c3)c2)nc1. The van der Waals surface area contributed by atoms with E-state index in [0.29, 0.717) is 0 Å². The minimum atomic E-state index is 0. The smallest absolute Gasteiger partial charge is 0.0702 e. The molecule has 3 aromatic heterocycles. The minimum Gasteiger partial charge on any atom is -0.256 e. The second kappa shape index (κ2) is 8.31. The van der Waals surface area contributed by atoms with E-state index < -0.39 is 0 Å². The van der Waals surface area contributed by atoms with Gasteiger partial charge in [-0.05, 0) is 70.6 Å². The van der Waals surface area contributed by atoms with Crippen LogP contribution in [0.4, 0.5) is 0 Å². The zero-order valence-corrected chi connectivity index (χ0v) is 19.2. The molecule has 0 aliphatic rings. The van der Waals surface area contributed by atoms with Crippen LogP contribution in [0.2, 0.25) is 0 Å². The molecule has 6 aromatic rings. The van der Waals surface area contributed by atoms with Crippen LogP contribution in [0, 0.1) is 0 Å². The molecule has 0 atom stereocenters. The van der Waals surface area contributed by atoms with Crippen molar-refractivity contribution >= 4 is 56.3 Å². The van der Waals surface area contributed by atoms with Gasteiger partial charge in [-0.3, -0.25) is 4.98 Å². The molecule has 0 saturated carbocycles. The molecular weight excluding hydrogens is 435 g/mol. The molecule has 0 N–H and O–H groups in total. The summed E-state index contributed by atoms with van der Waals surface area (Å²) in [6, 6.07) is 32.7. The zero-order chi connectivity index (χ0) is 19.9. The quantitative estimate of drug-likeness (QED) is 0.261. The molecule has 1 nitrogen and oxygen atoms in total. The predicted molar refractivity (Wildman–Crippen MR) is 142 cm³/mol. The number of benzene rings is 3. The van der Waals surface area contributed by atoms with Gasteiger partial charge in [0.05, 0.1) is 5.69 Å². The number of thiophene rings is 2. The van der Waals surface area contributed by atoms with Gasteiger partial charge in [0.1, 0.15) is 0 Å². The molecule has 4 heteroatoms. The third-order valence-electron chi connectivity index (χ3n) is 5.43. The van der Waals surface area contributed by atoms with Gasteiger partial charge in [0.15, 0.2) is 0 Å². The molecule has 0 saturated heterocycles. The lowest BCUT2D eigenvalue weighted by Gasteiger charge is -2.06. The Morgan fingerprint density at radius 2 is 1.32 bits per heavy atom. The fourth-order valence-corrected chi connectivity index (χ4v) is 5.74. The van der Waals surface area contributed by atoms with Crippen molar-refractivity contribution in [1.29, 1.82) is 0 Å². The summed E-state index contributed by atoms with van der Waals surface area (Å²) in [5, 5.41) is 4.80. The van der Waals surface area contributed by atoms with E-state index in [4.69, 9.17) is 0 Å². The maximum Gasteiger partial charge on any atom is 0.0702 e. The maximum absolute atomic E-state index is 4.50. The van der Waals surface area contributed by atoms with Crippen LogP contribution in [-0.2, 0) is 0 Å². The second-order valence-electron chi connectivity index (χ2n) is 7.30. The van der Waals surface area contributed by atoms with Crippen LogP contribution >= 0.6 is 36.2 Å². The van der Waals surface area contributed by atoms with E-state index in [0.717, 1.165) is 11.3 Å². The normalized spacial score (nSPS) is 11.0. The molecule has 150 valence electrons. The molecule has 0 amide bonds. The highest BCUT2D eigenvalue weighted by Gasteiger charge is 2.10. The summed E-state index contributed by atoms with van der Waals surface area (Å²) >= 11 is 3.65. The molecule has 6 rings (SSSR count). The summed E-state index contributed by atoms with van der Waals surface area (Å²) in [6.45, 7) is 0. The number of hydrogen-bond acceptors (Lipinski definition) is 3. The molecule has 3 aromatic carbocycles. The van der Waals surface area contributed by atoms with Crippen LogP contribution in [0.3, 0.4) is 0 Å². The first-order chi connectivity index (χ1) is 14.8. The summed E-state index contributed by atoms with van der Waals surface area (Å²) in [7, 11) is 0. The summed E-state index contributed by atoms with van der Waals surface area (Å²) in [6.07, 6.45) is 1.84. The molecule has 3 heterocycles. The second-order valence-corrected chi connectivity index (χ2v) is 9.33. The van der Waals surface area contributed by atoms with Crippen molar-refractivity contribution in [1.82, 2.24) is 4.98 Å². The van der Waals surface area contributed by atoms with E-state index in [-0.39, 0.29) is 13.5 Å². The molecule has 0 unspecified atom stereocenters. The van der Waals surface area contributed by atoms with Crippen LogP contribution in [0.1, 0.15) is 0 Å².